The number of ether oxygens (including phenoxy) is 1. The lowest BCUT2D eigenvalue weighted by atomic mass is 10.0. The number of carboxylic acids is 1. The molecule has 0 bridgehead atoms. The second-order valence-corrected chi connectivity index (χ2v) is 8.17. The van der Waals surface area contributed by atoms with E-state index in [-0.39, 0.29) is 18.9 Å². The molecule has 1 heterocycles. The zero-order valence-corrected chi connectivity index (χ0v) is 18.6. The van der Waals surface area contributed by atoms with Crippen LogP contribution in [-0.4, -0.2) is 35.7 Å². The summed E-state index contributed by atoms with van der Waals surface area (Å²) in [6, 6.07) is 23.3. The quantitative estimate of drug-likeness (QED) is 0.552. The number of hydrogen-bond acceptors (Lipinski definition) is 4. The molecule has 0 saturated carbocycles. The van der Waals surface area contributed by atoms with Gasteiger partial charge in [-0.05, 0) is 41.7 Å². The van der Waals surface area contributed by atoms with Gasteiger partial charge in [0, 0.05) is 0 Å². The molecular formula is C27H28N2O4. The highest BCUT2D eigenvalue weighted by Gasteiger charge is 2.34. The van der Waals surface area contributed by atoms with Crippen LogP contribution in [0.3, 0.4) is 0 Å². The Labute approximate surface area is 193 Å². The molecule has 170 valence electrons. The molecule has 3 aromatic rings. The number of hydrogen-bond donors (Lipinski definition) is 2. The van der Waals surface area contributed by atoms with Gasteiger partial charge in [-0.3, -0.25) is 14.9 Å². The van der Waals surface area contributed by atoms with Gasteiger partial charge in [-0.1, -0.05) is 73.7 Å². The van der Waals surface area contributed by atoms with Gasteiger partial charge in [0.05, 0.1) is 12.2 Å². The first kappa shape index (κ1) is 22.6. The standard InChI is InChI=1S/C27H28N2O4/c1-2-19-12-14-21(15-13-19)17-29-24-10-6-7-11-25(24)33-18-23(26(29)30)28-22(27(31)32)16-20-8-4-3-5-9-20/h3-15,22-23,28H,2,16-18H2,1H3,(H,31,32)/t22-,23?/m0/s1. The molecular weight excluding hydrogens is 416 g/mol. The highest BCUT2D eigenvalue weighted by molar-refractivity contribution is 5.99. The first-order chi connectivity index (χ1) is 16.0. The Balaban J connectivity index is 1.59. The number of nitrogens with one attached hydrogen (secondary N) is 1. The van der Waals surface area contributed by atoms with E-state index >= 15 is 0 Å². The number of carbonyl (C=O) groups excluding carboxylic acids is 1. The minimum absolute atomic E-state index is 0.0552. The molecule has 2 atom stereocenters. The molecule has 2 N–H and O–H groups in total. The summed E-state index contributed by atoms with van der Waals surface area (Å²) in [6.45, 7) is 2.53. The summed E-state index contributed by atoms with van der Waals surface area (Å²) >= 11 is 0. The van der Waals surface area contributed by atoms with Crippen molar-refractivity contribution in [2.45, 2.75) is 38.4 Å². The van der Waals surface area contributed by atoms with Crippen molar-refractivity contribution in [2.75, 3.05) is 11.5 Å². The van der Waals surface area contributed by atoms with Crippen LogP contribution in [0.5, 0.6) is 5.75 Å². The second kappa shape index (κ2) is 10.3. The van der Waals surface area contributed by atoms with Crippen molar-refractivity contribution in [2.24, 2.45) is 0 Å². The number of nitrogens with zero attached hydrogens (tertiary/aromatic N) is 1. The Bertz CT molecular complexity index is 1100. The molecule has 0 saturated heterocycles. The van der Waals surface area contributed by atoms with Crippen LogP contribution in [0.2, 0.25) is 0 Å². The van der Waals surface area contributed by atoms with Crippen molar-refractivity contribution in [1.29, 1.82) is 0 Å². The lowest BCUT2D eigenvalue weighted by molar-refractivity contribution is -0.140. The number of carbonyl (C=O) groups is 2. The maximum atomic E-state index is 13.6. The predicted octanol–water partition coefficient (Wildman–Crippen LogP) is 3.83. The number of benzene rings is 3. The Morgan fingerprint density at radius 1 is 1.00 bits per heavy atom. The number of aliphatic carboxylic acids is 1. The van der Waals surface area contributed by atoms with Crippen LogP contribution in [0, 0.1) is 0 Å². The number of rotatable bonds is 8. The lowest BCUT2D eigenvalue weighted by Crippen LogP contribution is -2.54. The average molecular weight is 445 g/mol. The van der Waals surface area contributed by atoms with Crippen LogP contribution in [0.15, 0.2) is 78.9 Å². The fourth-order valence-electron chi connectivity index (χ4n) is 4.01. The summed E-state index contributed by atoms with van der Waals surface area (Å²) < 4.78 is 5.95. The van der Waals surface area contributed by atoms with Crippen molar-refractivity contribution < 1.29 is 19.4 Å². The summed E-state index contributed by atoms with van der Waals surface area (Å²) in [5.41, 5.74) is 3.79. The van der Waals surface area contributed by atoms with Crippen LogP contribution in [-0.2, 0) is 29.0 Å². The summed E-state index contributed by atoms with van der Waals surface area (Å²) in [6.07, 6.45) is 1.22. The largest absolute Gasteiger partial charge is 0.489 e. The average Bonchev–Trinajstić information content (AvgIpc) is 2.97. The molecule has 0 spiro atoms. The van der Waals surface area contributed by atoms with E-state index < -0.39 is 18.1 Å². The van der Waals surface area contributed by atoms with Crippen LogP contribution in [0.4, 0.5) is 5.69 Å². The van der Waals surface area contributed by atoms with Gasteiger partial charge in [-0.2, -0.15) is 0 Å². The molecule has 1 aliphatic heterocycles. The van der Waals surface area contributed by atoms with Gasteiger partial charge < -0.3 is 14.7 Å². The Morgan fingerprint density at radius 2 is 1.67 bits per heavy atom. The Kier molecular flexibility index (Phi) is 7.05. The topological polar surface area (TPSA) is 78.9 Å². The monoisotopic (exact) mass is 444 g/mol. The van der Waals surface area contributed by atoms with Crippen LogP contribution in [0.1, 0.15) is 23.6 Å². The maximum absolute atomic E-state index is 13.6. The molecule has 0 radical (unpaired) electrons. The third kappa shape index (κ3) is 5.41. The zero-order chi connectivity index (χ0) is 23.2. The molecule has 0 fully saturated rings. The van der Waals surface area contributed by atoms with E-state index in [4.69, 9.17) is 4.74 Å². The summed E-state index contributed by atoms with van der Waals surface area (Å²) in [4.78, 5) is 27.3. The molecule has 0 aliphatic carbocycles. The molecule has 6 nitrogen and oxygen atoms in total. The molecule has 1 amide bonds. The first-order valence-corrected chi connectivity index (χ1v) is 11.2. The highest BCUT2D eigenvalue weighted by Crippen LogP contribution is 2.32. The number of amides is 1. The van der Waals surface area contributed by atoms with Crippen molar-refractivity contribution >= 4 is 17.6 Å². The third-order valence-electron chi connectivity index (χ3n) is 5.88. The SMILES string of the molecule is CCc1ccc(CN2C(=O)C(N[C@@H](Cc3ccccc3)C(=O)O)COc3ccccc32)cc1. The molecule has 33 heavy (non-hydrogen) atoms. The van der Waals surface area contributed by atoms with E-state index in [1.165, 1.54) is 5.56 Å². The molecule has 3 aromatic carbocycles. The smallest absolute Gasteiger partial charge is 0.321 e. The van der Waals surface area contributed by atoms with E-state index in [1.54, 1.807) is 4.90 Å². The zero-order valence-electron chi connectivity index (χ0n) is 18.6. The van der Waals surface area contributed by atoms with Crippen LogP contribution < -0.4 is 15.0 Å². The van der Waals surface area contributed by atoms with Crippen LogP contribution in [0.25, 0.3) is 0 Å². The number of anilines is 1. The predicted molar refractivity (Wildman–Crippen MR) is 127 cm³/mol. The summed E-state index contributed by atoms with van der Waals surface area (Å²) in [7, 11) is 0. The maximum Gasteiger partial charge on any atom is 0.321 e. The van der Waals surface area contributed by atoms with E-state index in [1.807, 2.05) is 66.7 Å². The fraction of sp³-hybridized carbons (Fsp3) is 0.259. The number of carboxylic acid groups (broad SMARTS) is 1. The molecule has 6 heteroatoms. The number of fused-ring (bicyclic) bond motifs is 1. The van der Waals surface area contributed by atoms with Crippen molar-refractivity contribution in [3.8, 4) is 5.75 Å². The van der Waals surface area contributed by atoms with E-state index in [2.05, 4.69) is 24.4 Å². The third-order valence-corrected chi connectivity index (χ3v) is 5.88. The molecule has 1 unspecified atom stereocenters. The minimum atomic E-state index is -1.00. The Hall–Kier alpha value is -3.64. The molecule has 4 rings (SSSR count). The first-order valence-electron chi connectivity index (χ1n) is 11.2. The van der Waals surface area contributed by atoms with Gasteiger partial charge in [0.25, 0.3) is 0 Å². The van der Waals surface area contributed by atoms with Gasteiger partial charge in [-0.25, -0.2) is 0 Å². The van der Waals surface area contributed by atoms with Crippen LogP contribution >= 0.6 is 0 Å². The van der Waals surface area contributed by atoms with Gasteiger partial charge in [0.1, 0.15) is 24.4 Å². The van der Waals surface area contributed by atoms with Gasteiger partial charge >= 0.3 is 5.97 Å². The second-order valence-electron chi connectivity index (χ2n) is 8.17. The summed E-state index contributed by atoms with van der Waals surface area (Å²) in [5, 5.41) is 12.9. The summed E-state index contributed by atoms with van der Waals surface area (Å²) in [5.74, 6) is -0.607. The lowest BCUT2D eigenvalue weighted by Gasteiger charge is -2.27. The fourth-order valence-corrected chi connectivity index (χ4v) is 4.01. The van der Waals surface area contributed by atoms with Gasteiger partial charge in [0.15, 0.2) is 0 Å². The van der Waals surface area contributed by atoms with E-state index in [9.17, 15) is 14.7 Å². The van der Waals surface area contributed by atoms with Gasteiger partial charge in [-0.15, -0.1) is 0 Å². The van der Waals surface area contributed by atoms with Crippen molar-refractivity contribution in [1.82, 2.24) is 5.32 Å². The molecule has 1 aliphatic rings. The van der Waals surface area contributed by atoms with E-state index in [0.29, 0.717) is 18.0 Å². The number of aryl methyl sites for hydroxylation is 1. The highest BCUT2D eigenvalue weighted by atomic mass is 16.5. The van der Waals surface area contributed by atoms with Crippen molar-refractivity contribution in [3.05, 3.63) is 95.6 Å². The van der Waals surface area contributed by atoms with Gasteiger partial charge in [0.2, 0.25) is 5.91 Å². The number of para-hydroxylation sites is 2. The Morgan fingerprint density at radius 3 is 2.36 bits per heavy atom. The normalized spacial score (nSPS) is 16.5. The van der Waals surface area contributed by atoms with Crippen molar-refractivity contribution in [3.63, 3.8) is 0 Å². The minimum Gasteiger partial charge on any atom is -0.489 e. The van der Waals surface area contributed by atoms with E-state index in [0.717, 1.165) is 17.5 Å². The molecule has 0 aromatic heterocycles.